The van der Waals surface area contributed by atoms with Crippen molar-refractivity contribution in [2.75, 3.05) is 36.5 Å². The molecular formula is C25H34N6O2. The number of aromatic nitrogens is 2. The molecule has 1 aromatic heterocycles. The maximum atomic E-state index is 12.3. The van der Waals surface area contributed by atoms with Gasteiger partial charge >= 0.3 is 6.09 Å². The van der Waals surface area contributed by atoms with E-state index in [1.165, 1.54) is 30.6 Å². The topological polar surface area (TPSA) is 82.6 Å². The highest BCUT2D eigenvalue weighted by molar-refractivity contribution is 5.89. The van der Waals surface area contributed by atoms with Crippen LogP contribution in [-0.2, 0) is 11.3 Å². The summed E-state index contributed by atoms with van der Waals surface area (Å²) in [5.74, 6) is 2.24. The molecule has 4 atom stereocenters. The fraction of sp³-hybridized carbons (Fsp3) is 0.560. The smallest absolute Gasteiger partial charge is 0.415 e. The number of carbonyl (C=O) groups excluding carboxylic acids is 1. The summed E-state index contributed by atoms with van der Waals surface area (Å²) in [5.41, 5.74) is 2.52. The van der Waals surface area contributed by atoms with Crippen LogP contribution in [0.1, 0.15) is 44.4 Å². The van der Waals surface area contributed by atoms with E-state index in [0.717, 1.165) is 19.0 Å². The van der Waals surface area contributed by atoms with Crippen molar-refractivity contribution >= 4 is 17.9 Å². The quantitative estimate of drug-likeness (QED) is 0.669. The molecule has 5 rings (SSSR count). The van der Waals surface area contributed by atoms with Gasteiger partial charge in [0.05, 0.1) is 12.1 Å². The monoisotopic (exact) mass is 450 g/mol. The Bertz CT molecular complexity index is 981. The molecular weight excluding hydrogens is 416 g/mol. The van der Waals surface area contributed by atoms with Gasteiger partial charge in [-0.25, -0.2) is 9.78 Å². The van der Waals surface area contributed by atoms with Crippen LogP contribution in [0, 0.1) is 11.8 Å². The first-order valence-corrected chi connectivity index (χ1v) is 12.1. The number of rotatable bonds is 7. The van der Waals surface area contributed by atoms with Crippen LogP contribution < -0.4 is 15.5 Å². The molecule has 2 N–H and O–H groups in total. The minimum atomic E-state index is -0.348. The number of nitrogens with zero attached hydrogens (tertiary/aromatic N) is 4. The predicted molar refractivity (Wildman–Crippen MR) is 128 cm³/mol. The third kappa shape index (κ3) is 4.68. The second kappa shape index (κ2) is 9.27. The molecule has 2 aromatic rings. The molecule has 0 aliphatic carbocycles. The Morgan fingerprint density at radius 1 is 1.21 bits per heavy atom. The molecule has 0 bridgehead atoms. The van der Waals surface area contributed by atoms with Gasteiger partial charge < -0.3 is 15.4 Å². The van der Waals surface area contributed by atoms with Gasteiger partial charge in [-0.2, -0.15) is 4.98 Å². The number of cyclic esters (lactones) is 1. The molecule has 4 unspecified atom stereocenters. The lowest BCUT2D eigenvalue weighted by molar-refractivity contribution is 0.0806. The van der Waals surface area contributed by atoms with Gasteiger partial charge in [-0.15, -0.1) is 0 Å². The maximum absolute atomic E-state index is 12.3. The van der Waals surface area contributed by atoms with Crippen molar-refractivity contribution in [2.24, 2.45) is 11.8 Å². The molecule has 0 radical (unpaired) electrons. The first-order valence-electron chi connectivity index (χ1n) is 12.1. The lowest BCUT2D eigenvalue weighted by atomic mass is 9.85. The summed E-state index contributed by atoms with van der Waals surface area (Å²) in [4.78, 5) is 25.4. The maximum Gasteiger partial charge on any atom is 0.415 e. The summed E-state index contributed by atoms with van der Waals surface area (Å²) in [6, 6.07) is 11.3. The van der Waals surface area contributed by atoms with E-state index in [9.17, 15) is 4.79 Å². The van der Waals surface area contributed by atoms with Crippen LogP contribution in [0.15, 0.2) is 36.5 Å². The Labute approximate surface area is 195 Å². The molecule has 0 spiro atoms. The van der Waals surface area contributed by atoms with Crippen LogP contribution in [0.25, 0.3) is 0 Å². The number of benzene rings is 1. The molecule has 3 aliphatic rings. The normalized spacial score (nSPS) is 26.0. The highest BCUT2D eigenvalue weighted by Crippen LogP contribution is 2.27. The Morgan fingerprint density at radius 3 is 2.73 bits per heavy atom. The van der Waals surface area contributed by atoms with E-state index in [0.29, 0.717) is 24.4 Å². The zero-order valence-electron chi connectivity index (χ0n) is 19.7. The summed E-state index contributed by atoms with van der Waals surface area (Å²) in [6.07, 6.45) is 2.64. The van der Waals surface area contributed by atoms with Gasteiger partial charge in [0, 0.05) is 25.3 Å². The van der Waals surface area contributed by atoms with Crippen LogP contribution in [0.2, 0.25) is 0 Å². The first kappa shape index (κ1) is 22.1. The zero-order chi connectivity index (χ0) is 22.9. The Morgan fingerprint density at radius 2 is 2.03 bits per heavy atom. The van der Waals surface area contributed by atoms with Crippen molar-refractivity contribution in [1.29, 1.82) is 0 Å². The molecule has 8 heteroatoms. The minimum absolute atomic E-state index is 0.0175. The highest BCUT2D eigenvalue weighted by Gasteiger charge is 2.37. The molecule has 1 amide bonds. The van der Waals surface area contributed by atoms with Crippen molar-refractivity contribution in [3.05, 3.63) is 47.7 Å². The highest BCUT2D eigenvalue weighted by atomic mass is 16.6. The van der Waals surface area contributed by atoms with Gasteiger partial charge in [0.25, 0.3) is 0 Å². The van der Waals surface area contributed by atoms with Gasteiger partial charge in [-0.3, -0.25) is 9.80 Å². The van der Waals surface area contributed by atoms with E-state index in [1.54, 1.807) is 17.2 Å². The fourth-order valence-electron chi connectivity index (χ4n) is 5.02. The zero-order valence-corrected chi connectivity index (χ0v) is 19.7. The van der Waals surface area contributed by atoms with E-state index in [4.69, 9.17) is 4.74 Å². The number of amides is 1. The average Bonchev–Trinajstić information content (AvgIpc) is 3.18. The average molecular weight is 451 g/mol. The van der Waals surface area contributed by atoms with Crippen molar-refractivity contribution in [1.82, 2.24) is 20.2 Å². The van der Waals surface area contributed by atoms with E-state index in [2.05, 4.69) is 70.5 Å². The molecule has 176 valence electrons. The van der Waals surface area contributed by atoms with Crippen molar-refractivity contribution < 1.29 is 9.53 Å². The Kier molecular flexibility index (Phi) is 6.21. The number of fused-ring (bicyclic) bond motifs is 1. The second-order valence-electron chi connectivity index (χ2n) is 9.90. The minimum Gasteiger partial charge on any atom is -0.447 e. The molecule has 0 saturated carbocycles. The van der Waals surface area contributed by atoms with Gasteiger partial charge in [0.1, 0.15) is 12.4 Å². The standard InChI is InChI=1S/C25H34N6O2/c1-16(2)22-15-33-25(32)31(22)23-8-10-26-24(29-23)28-17(3)19-6-4-18(5-7-19)13-30-11-9-20-12-27-21(20)14-30/h4-8,10,16-17,20-22,27H,9,11-15H2,1-3H3,(H,26,28,29). The third-order valence-corrected chi connectivity index (χ3v) is 7.28. The summed E-state index contributed by atoms with van der Waals surface area (Å²) in [7, 11) is 0. The molecule has 33 heavy (non-hydrogen) atoms. The van der Waals surface area contributed by atoms with Crippen molar-refractivity contribution in [3.63, 3.8) is 0 Å². The number of piperidine rings is 1. The van der Waals surface area contributed by atoms with Crippen molar-refractivity contribution in [3.8, 4) is 0 Å². The largest absolute Gasteiger partial charge is 0.447 e. The van der Waals surface area contributed by atoms with Gasteiger partial charge in [0.15, 0.2) is 0 Å². The van der Waals surface area contributed by atoms with Crippen LogP contribution >= 0.6 is 0 Å². The van der Waals surface area contributed by atoms with E-state index < -0.39 is 0 Å². The number of anilines is 2. The number of hydrogen-bond acceptors (Lipinski definition) is 7. The summed E-state index contributed by atoms with van der Waals surface area (Å²) < 4.78 is 5.26. The van der Waals surface area contributed by atoms with Crippen LogP contribution in [0.4, 0.5) is 16.6 Å². The molecule has 1 aromatic carbocycles. The predicted octanol–water partition coefficient (Wildman–Crippen LogP) is 3.42. The molecule has 8 nitrogen and oxygen atoms in total. The summed E-state index contributed by atoms with van der Waals surface area (Å²) >= 11 is 0. The van der Waals surface area contributed by atoms with Crippen molar-refractivity contribution in [2.45, 2.75) is 51.9 Å². The van der Waals surface area contributed by atoms with E-state index >= 15 is 0 Å². The van der Waals surface area contributed by atoms with Gasteiger partial charge in [0.2, 0.25) is 5.95 Å². The number of hydrogen-bond donors (Lipinski definition) is 2. The molecule has 3 fully saturated rings. The first-order chi connectivity index (χ1) is 16.0. The Hall–Kier alpha value is -2.71. The second-order valence-corrected chi connectivity index (χ2v) is 9.90. The Balaban J connectivity index is 1.21. The lowest BCUT2D eigenvalue weighted by Gasteiger charge is -2.46. The lowest BCUT2D eigenvalue weighted by Crippen LogP contribution is -2.61. The van der Waals surface area contributed by atoms with Crippen LogP contribution in [-0.4, -0.2) is 59.3 Å². The van der Waals surface area contributed by atoms with Gasteiger partial charge in [-0.05, 0) is 55.5 Å². The van der Waals surface area contributed by atoms with Crippen LogP contribution in [0.3, 0.4) is 0 Å². The SMILES string of the molecule is CC(Nc1nccc(N2C(=O)OCC2C(C)C)n1)c1ccc(CN2CCC3CNC3C2)cc1. The van der Waals surface area contributed by atoms with E-state index in [1.807, 2.05) is 0 Å². The number of carbonyl (C=O) groups is 1. The van der Waals surface area contributed by atoms with E-state index in [-0.39, 0.29) is 24.1 Å². The molecule has 3 saturated heterocycles. The molecule has 3 aliphatic heterocycles. The number of nitrogens with one attached hydrogen (secondary N) is 2. The number of ether oxygens (including phenoxy) is 1. The van der Waals surface area contributed by atoms with Gasteiger partial charge in [-0.1, -0.05) is 38.1 Å². The molecule has 4 heterocycles. The van der Waals surface area contributed by atoms with Crippen LogP contribution in [0.5, 0.6) is 0 Å². The summed E-state index contributed by atoms with van der Waals surface area (Å²) in [6.45, 7) is 11.2. The third-order valence-electron chi connectivity index (χ3n) is 7.28. The number of likely N-dealkylation sites (tertiary alicyclic amines) is 1. The fourth-order valence-corrected chi connectivity index (χ4v) is 5.02. The summed E-state index contributed by atoms with van der Waals surface area (Å²) in [5, 5.41) is 6.93.